The lowest BCUT2D eigenvalue weighted by atomic mass is 10.1. The van der Waals surface area contributed by atoms with Gasteiger partial charge in [-0.05, 0) is 24.1 Å². The van der Waals surface area contributed by atoms with Gasteiger partial charge < -0.3 is 11.1 Å². The minimum Gasteiger partial charge on any atom is -0.399 e. The van der Waals surface area contributed by atoms with E-state index in [0.29, 0.717) is 19.4 Å². The Labute approximate surface area is 123 Å². The number of nitrogen functional groups attached to an aromatic ring is 1. The summed E-state index contributed by atoms with van der Waals surface area (Å²) in [5.41, 5.74) is 7.54. The molecule has 0 saturated carbocycles. The molecule has 1 aromatic carbocycles. The summed E-state index contributed by atoms with van der Waals surface area (Å²) in [6, 6.07) is 7.65. The maximum atomic E-state index is 11.8. The highest BCUT2D eigenvalue weighted by Gasteiger charge is 2.10. The number of nitrogens with two attached hydrogens (primary N) is 1. The minimum atomic E-state index is 0.0656. The van der Waals surface area contributed by atoms with Gasteiger partial charge in [0.25, 0.3) is 0 Å². The van der Waals surface area contributed by atoms with Crippen LogP contribution in [0, 0.1) is 0 Å². The first kappa shape index (κ1) is 14.5. The van der Waals surface area contributed by atoms with Crippen LogP contribution in [0.25, 0.3) is 0 Å². The number of aryl methyl sites for hydroxylation is 1. The van der Waals surface area contributed by atoms with Crippen molar-refractivity contribution in [1.29, 1.82) is 0 Å². The standard InChI is InChI=1S/C15H19N3OS/c1-11(15-17-7-8-20-15)10-18-14(19)6-5-12-3-2-4-13(16)9-12/h2-4,7-9,11H,5-6,10,16H2,1H3,(H,18,19). The molecule has 0 fully saturated rings. The van der Waals surface area contributed by atoms with E-state index in [-0.39, 0.29) is 11.8 Å². The van der Waals surface area contributed by atoms with Gasteiger partial charge in [0.2, 0.25) is 5.91 Å². The number of hydrogen-bond acceptors (Lipinski definition) is 4. The van der Waals surface area contributed by atoms with Crippen molar-refractivity contribution >= 4 is 22.9 Å². The van der Waals surface area contributed by atoms with Crippen molar-refractivity contribution in [2.75, 3.05) is 12.3 Å². The number of carbonyl (C=O) groups is 1. The lowest BCUT2D eigenvalue weighted by molar-refractivity contribution is -0.121. The Kier molecular flexibility index (Phi) is 5.12. The van der Waals surface area contributed by atoms with E-state index in [4.69, 9.17) is 5.73 Å². The molecular weight excluding hydrogens is 270 g/mol. The van der Waals surface area contributed by atoms with Crippen LogP contribution in [0.2, 0.25) is 0 Å². The zero-order valence-electron chi connectivity index (χ0n) is 11.5. The summed E-state index contributed by atoms with van der Waals surface area (Å²) in [5, 5.41) is 5.96. The fourth-order valence-corrected chi connectivity index (χ4v) is 2.63. The van der Waals surface area contributed by atoms with E-state index in [0.717, 1.165) is 16.3 Å². The highest BCUT2D eigenvalue weighted by molar-refractivity contribution is 7.09. The Morgan fingerprint density at radius 3 is 3.05 bits per heavy atom. The molecule has 0 aliphatic rings. The number of nitrogens with zero attached hydrogens (tertiary/aromatic N) is 1. The second kappa shape index (κ2) is 7.05. The molecule has 106 valence electrons. The zero-order chi connectivity index (χ0) is 14.4. The first-order valence-electron chi connectivity index (χ1n) is 6.65. The molecule has 0 radical (unpaired) electrons. The van der Waals surface area contributed by atoms with Gasteiger partial charge in [0, 0.05) is 36.1 Å². The third kappa shape index (κ3) is 4.35. The van der Waals surface area contributed by atoms with Crippen molar-refractivity contribution in [2.24, 2.45) is 0 Å². The van der Waals surface area contributed by atoms with E-state index in [1.165, 1.54) is 0 Å². The maximum absolute atomic E-state index is 11.8. The third-order valence-electron chi connectivity index (χ3n) is 3.07. The van der Waals surface area contributed by atoms with Gasteiger partial charge in [-0.3, -0.25) is 4.79 Å². The number of aromatic nitrogens is 1. The average Bonchev–Trinajstić information content (AvgIpc) is 2.97. The summed E-state index contributed by atoms with van der Waals surface area (Å²) in [7, 11) is 0. The van der Waals surface area contributed by atoms with Crippen LogP contribution in [0.3, 0.4) is 0 Å². The van der Waals surface area contributed by atoms with Crippen molar-refractivity contribution in [3.8, 4) is 0 Å². The normalized spacial score (nSPS) is 12.1. The molecule has 1 unspecified atom stereocenters. The van der Waals surface area contributed by atoms with Gasteiger partial charge in [-0.1, -0.05) is 19.1 Å². The lowest BCUT2D eigenvalue weighted by Gasteiger charge is -2.10. The van der Waals surface area contributed by atoms with E-state index >= 15 is 0 Å². The fraction of sp³-hybridized carbons (Fsp3) is 0.333. The van der Waals surface area contributed by atoms with Gasteiger partial charge in [-0.25, -0.2) is 4.98 Å². The van der Waals surface area contributed by atoms with Crippen molar-refractivity contribution in [3.05, 3.63) is 46.4 Å². The summed E-state index contributed by atoms with van der Waals surface area (Å²) < 4.78 is 0. The molecule has 0 aliphatic carbocycles. The third-order valence-corrected chi connectivity index (χ3v) is 4.08. The molecule has 0 aliphatic heterocycles. The van der Waals surface area contributed by atoms with Crippen LogP contribution >= 0.6 is 11.3 Å². The van der Waals surface area contributed by atoms with Crippen molar-refractivity contribution < 1.29 is 4.79 Å². The Bertz CT molecular complexity index is 554. The first-order valence-corrected chi connectivity index (χ1v) is 7.53. The molecule has 5 heteroatoms. The van der Waals surface area contributed by atoms with Crippen molar-refractivity contribution in [2.45, 2.75) is 25.7 Å². The molecule has 2 rings (SSSR count). The van der Waals surface area contributed by atoms with E-state index in [9.17, 15) is 4.79 Å². The number of carbonyl (C=O) groups excluding carboxylic acids is 1. The van der Waals surface area contributed by atoms with E-state index in [2.05, 4.69) is 17.2 Å². The number of rotatable bonds is 6. The number of anilines is 1. The van der Waals surface area contributed by atoms with Crippen molar-refractivity contribution in [3.63, 3.8) is 0 Å². The monoisotopic (exact) mass is 289 g/mol. The number of hydrogen-bond donors (Lipinski definition) is 2. The molecule has 3 N–H and O–H groups in total. The summed E-state index contributed by atoms with van der Waals surface area (Å²) in [5.74, 6) is 0.321. The molecule has 0 spiro atoms. The number of benzene rings is 1. The predicted octanol–water partition coefficient (Wildman–Crippen LogP) is 2.58. The van der Waals surface area contributed by atoms with Crippen LogP contribution < -0.4 is 11.1 Å². The maximum Gasteiger partial charge on any atom is 0.220 e. The Hall–Kier alpha value is -1.88. The molecule has 20 heavy (non-hydrogen) atoms. The number of amides is 1. The summed E-state index contributed by atoms with van der Waals surface area (Å²) in [4.78, 5) is 16.1. The average molecular weight is 289 g/mol. The van der Waals surface area contributed by atoms with Gasteiger partial charge in [-0.2, -0.15) is 0 Å². The molecule has 0 saturated heterocycles. The molecule has 0 bridgehead atoms. The summed E-state index contributed by atoms with van der Waals surface area (Å²) in [6.45, 7) is 2.69. The van der Waals surface area contributed by atoms with Crippen LogP contribution in [0.15, 0.2) is 35.8 Å². The fourth-order valence-electron chi connectivity index (χ4n) is 1.93. The van der Waals surface area contributed by atoms with Gasteiger partial charge in [0.05, 0.1) is 5.01 Å². The van der Waals surface area contributed by atoms with E-state index < -0.39 is 0 Å². The Morgan fingerprint density at radius 1 is 1.50 bits per heavy atom. The summed E-state index contributed by atoms with van der Waals surface area (Å²) >= 11 is 1.62. The summed E-state index contributed by atoms with van der Waals surface area (Å²) in [6.07, 6.45) is 2.98. The quantitative estimate of drug-likeness (QED) is 0.803. The SMILES string of the molecule is CC(CNC(=O)CCc1cccc(N)c1)c1nccs1. The minimum absolute atomic E-state index is 0.0656. The Morgan fingerprint density at radius 2 is 2.35 bits per heavy atom. The second-order valence-electron chi connectivity index (χ2n) is 4.82. The van der Waals surface area contributed by atoms with Gasteiger partial charge in [0.1, 0.15) is 0 Å². The smallest absolute Gasteiger partial charge is 0.220 e. The van der Waals surface area contributed by atoms with Gasteiger partial charge >= 0.3 is 0 Å². The van der Waals surface area contributed by atoms with Crippen LogP contribution in [0.5, 0.6) is 0 Å². The van der Waals surface area contributed by atoms with Crippen LogP contribution in [-0.2, 0) is 11.2 Å². The molecule has 1 amide bonds. The highest BCUT2D eigenvalue weighted by atomic mass is 32.1. The van der Waals surface area contributed by atoms with Gasteiger partial charge in [0.15, 0.2) is 0 Å². The van der Waals surface area contributed by atoms with Crippen molar-refractivity contribution in [1.82, 2.24) is 10.3 Å². The highest BCUT2D eigenvalue weighted by Crippen LogP contribution is 2.16. The van der Waals surface area contributed by atoms with Crippen LogP contribution in [-0.4, -0.2) is 17.4 Å². The lowest BCUT2D eigenvalue weighted by Crippen LogP contribution is -2.27. The first-order chi connectivity index (χ1) is 9.65. The molecule has 1 atom stereocenters. The van der Waals surface area contributed by atoms with Crippen LogP contribution in [0.1, 0.15) is 29.8 Å². The molecule has 4 nitrogen and oxygen atoms in total. The molecule has 2 aromatic rings. The van der Waals surface area contributed by atoms with E-state index in [1.54, 1.807) is 17.5 Å². The molecule has 1 aromatic heterocycles. The number of nitrogens with one attached hydrogen (secondary N) is 1. The largest absolute Gasteiger partial charge is 0.399 e. The topological polar surface area (TPSA) is 68.0 Å². The van der Waals surface area contributed by atoms with Gasteiger partial charge in [-0.15, -0.1) is 11.3 Å². The van der Waals surface area contributed by atoms with E-state index in [1.807, 2.05) is 29.6 Å². The van der Waals surface area contributed by atoms with Crippen LogP contribution in [0.4, 0.5) is 5.69 Å². The Balaban J connectivity index is 1.73. The number of thiazole rings is 1. The molecular formula is C15H19N3OS. The second-order valence-corrected chi connectivity index (χ2v) is 5.75. The zero-order valence-corrected chi connectivity index (χ0v) is 12.3. The predicted molar refractivity (Wildman–Crippen MR) is 82.7 cm³/mol. The molecule has 1 heterocycles.